The predicted octanol–water partition coefficient (Wildman–Crippen LogP) is 5.88. The van der Waals surface area contributed by atoms with Crippen LogP contribution in [0.1, 0.15) is 83.5 Å². The van der Waals surface area contributed by atoms with Gasteiger partial charge in [-0.25, -0.2) is 0 Å². The molecule has 0 saturated carbocycles. The van der Waals surface area contributed by atoms with Gasteiger partial charge in [-0.3, -0.25) is 4.79 Å². The Morgan fingerprint density at radius 3 is 1.75 bits per heavy atom. The van der Waals surface area contributed by atoms with Gasteiger partial charge in [0.05, 0.1) is 0 Å². The first-order chi connectivity index (χ1) is 9.77. The minimum absolute atomic E-state index is 0.329. The molecule has 0 spiro atoms. The Hall–Kier alpha value is -1.05. The molecule has 0 saturated heterocycles. The zero-order valence-electron chi connectivity index (χ0n) is 13.0. The van der Waals surface area contributed by atoms with Gasteiger partial charge in [-0.05, 0) is 44.9 Å². The van der Waals surface area contributed by atoms with Gasteiger partial charge >= 0.3 is 5.97 Å². The van der Waals surface area contributed by atoms with E-state index in [4.69, 9.17) is 5.11 Å². The lowest BCUT2D eigenvalue weighted by Gasteiger charge is -1.99. The first-order valence-electron chi connectivity index (χ1n) is 8.25. The molecule has 0 fully saturated rings. The molecule has 0 aromatic rings. The number of allylic oxidation sites excluding steroid dienone is 3. The molecule has 0 heterocycles. The topological polar surface area (TPSA) is 37.3 Å². The van der Waals surface area contributed by atoms with Crippen LogP contribution >= 0.6 is 0 Å². The summed E-state index contributed by atoms with van der Waals surface area (Å²) in [5.41, 5.74) is 0. The van der Waals surface area contributed by atoms with Gasteiger partial charge in [0.25, 0.3) is 0 Å². The van der Waals surface area contributed by atoms with Crippen LogP contribution in [0.15, 0.2) is 24.8 Å². The van der Waals surface area contributed by atoms with Gasteiger partial charge in [0, 0.05) is 6.42 Å². The van der Waals surface area contributed by atoms with E-state index in [1.54, 1.807) is 0 Å². The largest absolute Gasteiger partial charge is 0.481 e. The van der Waals surface area contributed by atoms with Crippen molar-refractivity contribution < 1.29 is 9.90 Å². The van der Waals surface area contributed by atoms with Crippen LogP contribution in [0.3, 0.4) is 0 Å². The molecule has 0 atom stereocenters. The van der Waals surface area contributed by atoms with Crippen molar-refractivity contribution in [3.05, 3.63) is 24.8 Å². The second kappa shape index (κ2) is 16.0. The Labute approximate surface area is 125 Å². The monoisotopic (exact) mass is 280 g/mol. The lowest BCUT2D eigenvalue weighted by atomic mass is 10.1. The smallest absolute Gasteiger partial charge is 0.303 e. The summed E-state index contributed by atoms with van der Waals surface area (Å²) >= 11 is 0. The second-order valence-corrected chi connectivity index (χ2v) is 5.45. The van der Waals surface area contributed by atoms with Gasteiger partial charge in [-0.2, -0.15) is 0 Å². The summed E-state index contributed by atoms with van der Waals surface area (Å²) in [6.45, 7) is 3.73. The van der Waals surface area contributed by atoms with E-state index in [1.807, 2.05) is 6.08 Å². The molecular formula is C18H32O2. The van der Waals surface area contributed by atoms with E-state index in [-0.39, 0.29) is 0 Å². The number of carboxylic acid groups (broad SMARTS) is 1. The van der Waals surface area contributed by atoms with Gasteiger partial charge in [-0.15, -0.1) is 6.58 Å². The van der Waals surface area contributed by atoms with Crippen molar-refractivity contribution in [3.8, 4) is 0 Å². The highest BCUT2D eigenvalue weighted by Gasteiger charge is 1.96. The molecule has 0 aliphatic heterocycles. The molecule has 0 aromatic heterocycles. The number of hydrogen-bond acceptors (Lipinski definition) is 1. The zero-order chi connectivity index (χ0) is 14.9. The summed E-state index contributed by atoms with van der Waals surface area (Å²) in [4.78, 5) is 10.3. The fraction of sp³-hybridized carbons (Fsp3) is 0.722. The first-order valence-corrected chi connectivity index (χ1v) is 8.25. The summed E-state index contributed by atoms with van der Waals surface area (Å²) in [7, 11) is 0. The van der Waals surface area contributed by atoms with Gasteiger partial charge < -0.3 is 5.11 Å². The van der Waals surface area contributed by atoms with E-state index < -0.39 is 5.97 Å². The number of unbranched alkanes of at least 4 members (excludes halogenated alkanes) is 10. The SMILES string of the molecule is C=CCCCCC/C=C/CCCCCCCCC(=O)O. The Morgan fingerprint density at radius 2 is 1.20 bits per heavy atom. The lowest BCUT2D eigenvalue weighted by molar-refractivity contribution is -0.137. The average Bonchev–Trinajstić information content (AvgIpc) is 2.43. The van der Waals surface area contributed by atoms with E-state index in [0.29, 0.717) is 6.42 Å². The van der Waals surface area contributed by atoms with Crippen molar-refractivity contribution >= 4 is 5.97 Å². The third kappa shape index (κ3) is 16.9. The van der Waals surface area contributed by atoms with Crippen LogP contribution in [-0.2, 0) is 4.79 Å². The number of rotatable bonds is 15. The fourth-order valence-corrected chi connectivity index (χ4v) is 2.21. The molecular weight excluding hydrogens is 248 g/mol. The molecule has 20 heavy (non-hydrogen) atoms. The molecule has 0 aliphatic carbocycles. The fourth-order valence-electron chi connectivity index (χ4n) is 2.21. The van der Waals surface area contributed by atoms with Crippen LogP contribution in [0.5, 0.6) is 0 Å². The molecule has 2 heteroatoms. The highest BCUT2D eigenvalue weighted by atomic mass is 16.4. The number of carbonyl (C=O) groups is 1. The Kier molecular flexibility index (Phi) is 15.2. The molecule has 116 valence electrons. The molecule has 0 radical (unpaired) electrons. The molecule has 0 amide bonds. The number of aliphatic carboxylic acids is 1. The van der Waals surface area contributed by atoms with Crippen molar-refractivity contribution in [1.29, 1.82) is 0 Å². The molecule has 0 bridgehead atoms. The minimum atomic E-state index is -0.667. The predicted molar refractivity (Wildman–Crippen MR) is 87.0 cm³/mol. The van der Waals surface area contributed by atoms with Crippen LogP contribution in [0.25, 0.3) is 0 Å². The molecule has 0 aliphatic rings. The lowest BCUT2D eigenvalue weighted by Crippen LogP contribution is -1.93. The van der Waals surface area contributed by atoms with Crippen molar-refractivity contribution in [2.24, 2.45) is 0 Å². The highest BCUT2D eigenvalue weighted by molar-refractivity contribution is 5.66. The van der Waals surface area contributed by atoms with Crippen LogP contribution in [-0.4, -0.2) is 11.1 Å². The van der Waals surface area contributed by atoms with Crippen LogP contribution in [0, 0.1) is 0 Å². The Morgan fingerprint density at radius 1 is 0.750 bits per heavy atom. The number of carboxylic acids is 1. The van der Waals surface area contributed by atoms with Gasteiger partial charge in [0.1, 0.15) is 0 Å². The zero-order valence-corrected chi connectivity index (χ0v) is 13.0. The quantitative estimate of drug-likeness (QED) is 0.300. The van der Waals surface area contributed by atoms with Crippen LogP contribution < -0.4 is 0 Å². The summed E-state index contributed by atoms with van der Waals surface area (Å²) in [6.07, 6.45) is 21.3. The van der Waals surface area contributed by atoms with Gasteiger partial charge in [0.2, 0.25) is 0 Å². The van der Waals surface area contributed by atoms with Crippen molar-refractivity contribution in [3.63, 3.8) is 0 Å². The summed E-state index contributed by atoms with van der Waals surface area (Å²) in [6, 6.07) is 0. The standard InChI is InChI=1S/C18H32O2/c1-2-3-4-5-6-7-8-9-10-11-12-13-14-15-16-17-18(19)20/h2,8-9H,1,3-7,10-17H2,(H,19,20)/b9-8+. The molecule has 0 aromatic carbocycles. The van der Waals surface area contributed by atoms with Crippen molar-refractivity contribution in [1.82, 2.24) is 0 Å². The second-order valence-electron chi connectivity index (χ2n) is 5.45. The van der Waals surface area contributed by atoms with Crippen LogP contribution in [0.4, 0.5) is 0 Å². The van der Waals surface area contributed by atoms with Crippen molar-refractivity contribution in [2.75, 3.05) is 0 Å². The normalized spacial score (nSPS) is 11.0. The van der Waals surface area contributed by atoms with Crippen molar-refractivity contribution in [2.45, 2.75) is 83.5 Å². The van der Waals surface area contributed by atoms with E-state index in [1.165, 1.54) is 57.8 Å². The van der Waals surface area contributed by atoms with E-state index in [0.717, 1.165) is 19.3 Å². The number of hydrogen-bond donors (Lipinski definition) is 1. The van der Waals surface area contributed by atoms with E-state index >= 15 is 0 Å². The molecule has 1 N–H and O–H groups in total. The van der Waals surface area contributed by atoms with E-state index in [2.05, 4.69) is 18.7 Å². The van der Waals surface area contributed by atoms with E-state index in [9.17, 15) is 4.79 Å². The maximum Gasteiger partial charge on any atom is 0.303 e. The van der Waals surface area contributed by atoms with Gasteiger partial charge in [0.15, 0.2) is 0 Å². The third-order valence-electron chi connectivity index (χ3n) is 3.46. The van der Waals surface area contributed by atoms with Crippen LogP contribution in [0.2, 0.25) is 0 Å². The maximum atomic E-state index is 10.3. The summed E-state index contributed by atoms with van der Waals surface area (Å²) in [5, 5.41) is 8.51. The molecule has 2 nitrogen and oxygen atoms in total. The maximum absolute atomic E-state index is 10.3. The summed E-state index contributed by atoms with van der Waals surface area (Å²) in [5.74, 6) is -0.667. The highest BCUT2D eigenvalue weighted by Crippen LogP contribution is 2.09. The summed E-state index contributed by atoms with van der Waals surface area (Å²) < 4.78 is 0. The van der Waals surface area contributed by atoms with Gasteiger partial charge in [-0.1, -0.05) is 50.3 Å². The molecule has 0 rings (SSSR count). The third-order valence-corrected chi connectivity index (χ3v) is 3.46. The first kappa shape index (κ1) is 18.9. The Balaban J connectivity index is 3.08. The minimum Gasteiger partial charge on any atom is -0.481 e. The molecule has 0 unspecified atom stereocenters. The average molecular weight is 280 g/mol. The Bertz CT molecular complexity index is 256.